The van der Waals surface area contributed by atoms with Crippen molar-refractivity contribution in [3.05, 3.63) is 0 Å². The van der Waals surface area contributed by atoms with Crippen LogP contribution < -0.4 is 5.32 Å². The van der Waals surface area contributed by atoms with E-state index in [9.17, 15) is 4.79 Å². The molecular formula is C9H16BrNO. The molecule has 0 saturated heterocycles. The Morgan fingerprint density at radius 3 is 2.83 bits per heavy atom. The molecule has 0 aromatic rings. The molecular weight excluding hydrogens is 218 g/mol. The van der Waals surface area contributed by atoms with Gasteiger partial charge in [0.15, 0.2) is 0 Å². The Morgan fingerprint density at radius 2 is 2.33 bits per heavy atom. The number of rotatable bonds is 5. The van der Waals surface area contributed by atoms with Crippen LogP contribution >= 0.6 is 15.9 Å². The van der Waals surface area contributed by atoms with Crippen LogP contribution in [0.1, 0.15) is 32.6 Å². The van der Waals surface area contributed by atoms with Gasteiger partial charge in [-0.05, 0) is 18.8 Å². The Labute approximate surface area is 82.2 Å². The molecule has 1 saturated carbocycles. The average molecular weight is 234 g/mol. The molecule has 0 aliphatic heterocycles. The molecule has 1 unspecified atom stereocenters. The van der Waals surface area contributed by atoms with Crippen molar-refractivity contribution in [3.8, 4) is 0 Å². The monoisotopic (exact) mass is 233 g/mol. The lowest BCUT2D eigenvalue weighted by atomic mass is 10.3. The van der Waals surface area contributed by atoms with Crippen molar-refractivity contribution in [1.82, 2.24) is 5.32 Å². The third kappa shape index (κ3) is 3.57. The summed E-state index contributed by atoms with van der Waals surface area (Å²) in [5.41, 5.74) is 0. The maximum absolute atomic E-state index is 11.2. The van der Waals surface area contributed by atoms with E-state index in [2.05, 4.69) is 21.2 Å². The van der Waals surface area contributed by atoms with Crippen LogP contribution in [0.4, 0.5) is 0 Å². The molecule has 12 heavy (non-hydrogen) atoms. The molecule has 0 heterocycles. The van der Waals surface area contributed by atoms with E-state index in [0.717, 1.165) is 25.3 Å². The zero-order chi connectivity index (χ0) is 8.97. The zero-order valence-corrected chi connectivity index (χ0v) is 9.06. The minimum absolute atomic E-state index is 0.00305. The molecule has 0 aromatic carbocycles. The third-order valence-corrected chi connectivity index (χ3v) is 3.25. The smallest absolute Gasteiger partial charge is 0.233 e. The van der Waals surface area contributed by atoms with Crippen LogP contribution in [0.3, 0.4) is 0 Å². The molecule has 1 atom stereocenters. The summed E-state index contributed by atoms with van der Waals surface area (Å²) in [6.45, 7) is 2.85. The molecule has 1 aliphatic rings. The lowest BCUT2D eigenvalue weighted by molar-refractivity contribution is -0.120. The Hall–Kier alpha value is -0.0500. The predicted molar refractivity (Wildman–Crippen MR) is 53.4 cm³/mol. The largest absolute Gasteiger partial charge is 0.355 e. The minimum atomic E-state index is -0.00305. The van der Waals surface area contributed by atoms with Crippen molar-refractivity contribution in [3.63, 3.8) is 0 Å². The summed E-state index contributed by atoms with van der Waals surface area (Å²) in [6, 6.07) is 0. The average Bonchev–Trinajstić information content (AvgIpc) is 2.86. The van der Waals surface area contributed by atoms with Crippen LogP contribution in [0.25, 0.3) is 0 Å². The van der Waals surface area contributed by atoms with Crippen LogP contribution in [0.2, 0.25) is 0 Å². The summed E-state index contributed by atoms with van der Waals surface area (Å²) < 4.78 is 0. The fourth-order valence-corrected chi connectivity index (χ4v) is 1.26. The highest BCUT2D eigenvalue weighted by molar-refractivity contribution is 9.10. The van der Waals surface area contributed by atoms with Gasteiger partial charge in [0.1, 0.15) is 0 Å². The molecule has 0 aromatic heterocycles. The van der Waals surface area contributed by atoms with Crippen molar-refractivity contribution in [1.29, 1.82) is 0 Å². The van der Waals surface area contributed by atoms with Gasteiger partial charge in [0.25, 0.3) is 0 Å². The summed E-state index contributed by atoms with van der Waals surface area (Å²) in [6.07, 6.45) is 4.74. The van der Waals surface area contributed by atoms with E-state index >= 15 is 0 Å². The van der Waals surface area contributed by atoms with E-state index in [1.165, 1.54) is 12.8 Å². The highest BCUT2D eigenvalue weighted by atomic mass is 79.9. The molecule has 0 radical (unpaired) electrons. The van der Waals surface area contributed by atoms with Gasteiger partial charge in [0, 0.05) is 6.54 Å². The lowest BCUT2D eigenvalue weighted by Gasteiger charge is -2.07. The first kappa shape index (κ1) is 10.0. The number of carbonyl (C=O) groups is 1. The van der Waals surface area contributed by atoms with Gasteiger partial charge in [-0.15, -0.1) is 0 Å². The van der Waals surface area contributed by atoms with Gasteiger partial charge in [-0.1, -0.05) is 35.7 Å². The third-order valence-electron chi connectivity index (χ3n) is 2.19. The van der Waals surface area contributed by atoms with Crippen molar-refractivity contribution in [2.45, 2.75) is 37.4 Å². The first-order valence-electron chi connectivity index (χ1n) is 4.65. The van der Waals surface area contributed by atoms with Crippen molar-refractivity contribution >= 4 is 21.8 Å². The molecule has 1 aliphatic carbocycles. The highest BCUT2D eigenvalue weighted by Gasteiger charge is 2.21. The quantitative estimate of drug-likeness (QED) is 0.725. The van der Waals surface area contributed by atoms with Gasteiger partial charge in [-0.3, -0.25) is 4.79 Å². The van der Waals surface area contributed by atoms with Crippen LogP contribution in [-0.2, 0) is 4.79 Å². The van der Waals surface area contributed by atoms with E-state index in [0.29, 0.717) is 0 Å². The van der Waals surface area contributed by atoms with E-state index in [-0.39, 0.29) is 10.7 Å². The summed E-state index contributed by atoms with van der Waals surface area (Å²) >= 11 is 3.31. The summed E-state index contributed by atoms with van der Waals surface area (Å²) in [5, 5.41) is 2.92. The van der Waals surface area contributed by atoms with Gasteiger partial charge < -0.3 is 5.32 Å². The first-order valence-corrected chi connectivity index (χ1v) is 5.57. The standard InChI is InChI=1S/C9H16BrNO/c1-2-8(10)9(12)11-6-5-7-3-4-7/h7-8H,2-6H2,1H3,(H,11,12). The van der Waals surface area contributed by atoms with Crippen LogP contribution in [-0.4, -0.2) is 17.3 Å². The van der Waals surface area contributed by atoms with Crippen molar-refractivity contribution in [2.24, 2.45) is 5.92 Å². The van der Waals surface area contributed by atoms with Gasteiger partial charge >= 0.3 is 0 Å². The van der Waals surface area contributed by atoms with E-state index in [1.54, 1.807) is 0 Å². The summed E-state index contributed by atoms with van der Waals surface area (Å²) in [5.74, 6) is 1.04. The number of hydrogen-bond acceptors (Lipinski definition) is 1. The highest BCUT2D eigenvalue weighted by Crippen LogP contribution is 2.31. The number of carbonyl (C=O) groups excluding carboxylic acids is 1. The molecule has 2 nitrogen and oxygen atoms in total. The SMILES string of the molecule is CCC(Br)C(=O)NCCC1CC1. The maximum atomic E-state index is 11.2. The number of alkyl halides is 1. The van der Waals surface area contributed by atoms with Gasteiger partial charge in [0.05, 0.1) is 4.83 Å². The first-order chi connectivity index (χ1) is 5.74. The molecule has 3 heteroatoms. The Kier molecular flexibility index (Phi) is 4.06. The van der Waals surface area contributed by atoms with Crippen molar-refractivity contribution in [2.75, 3.05) is 6.54 Å². The van der Waals surface area contributed by atoms with Gasteiger partial charge in [-0.2, -0.15) is 0 Å². The number of halogens is 1. The number of hydrogen-bond donors (Lipinski definition) is 1. The predicted octanol–water partition coefficient (Wildman–Crippen LogP) is 2.08. The molecule has 1 fully saturated rings. The topological polar surface area (TPSA) is 29.1 Å². The van der Waals surface area contributed by atoms with Crippen LogP contribution in [0, 0.1) is 5.92 Å². The second kappa shape index (κ2) is 4.85. The second-order valence-corrected chi connectivity index (χ2v) is 4.50. The fraction of sp³-hybridized carbons (Fsp3) is 0.889. The molecule has 0 bridgehead atoms. The maximum Gasteiger partial charge on any atom is 0.233 e. The van der Waals surface area contributed by atoms with Gasteiger partial charge in [0.2, 0.25) is 5.91 Å². The molecule has 0 spiro atoms. The lowest BCUT2D eigenvalue weighted by Crippen LogP contribution is -2.31. The number of nitrogens with one attached hydrogen (secondary N) is 1. The minimum Gasteiger partial charge on any atom is -0.355 e. The van der Waals surface area contributed by atoms with E-state index in [4.69, 9.17) is 0 Å². The van der Waals surface area contributed by atoms with Crippen molar-refractivity contribution < 1.29 is 4.79 Å². The molecule has 1 rings (SSSR count). The normalized spacial score (nSPS) is 18.8. The molecule has 70 valence electrons. The molecule has 1 N–H and O–H groups in total. The summed E-state index contributed by atoms with van der Waals surface area (Å²) in [4.78, 5) is 11.2. The summed E-state index contributed by atoms with van der Waals surface area (Å²) in [7, 11) is 0. The Morgan fingerprint density at radius 1 is 1.67 bits per heavy atom. The molecule has 1 amide bonds. The fourth-order valence-electron chi connectivity index (χ4n) is 1.10. The Bertz CT molecular complexity index is 157. The van der Waals surface area contributed by atoms with E-state index in [1.807, 2.05) is 6.92 Å². The zero-order valence-electron chi connectivity index (χ0n) is 7.48. The van der Waals surface area contributed by atoms with Gasteiger partial charge in [-0.25, -0.2) is 0 Å². The van der Waals surface area contributed by atoms with Crippen LogP contribution in [0.5, 0.6) is 0 Å². The number of amides is 1. The Balaban J connectivity index is 2.00. The van der Waals surface area contributed by atoms with Crippen LogP contribution in [0.15, 0.2) is 0 Å². The van der Waals surface area contributed by atoms with E-state index < -0.39 is 0 Å². The second-order valence-electron chi connectivity index (χ2n) is 3.40.